The van der Waals surface area contributed by atoms with E-state index in [2.05, 4.69) is 6.58 Å². The second-order valence-corrected chi connectivity index (χ2v) is 4.22. The third kappa shape index (κ3) is 5.40. The summed E-state index contributed by atoms with van der Waals surface area (Å²) in [6.45, 7) is 3.33. The fourth-order valence-corrected chi connectivity index (χ4v) is 1.52. The fourth-order valence-electron chi connectivity index (χ4n) is 1.40. The number of aliphatic carboxylic acids is 1. The van der Waals surface area contributed by atoms with Crippen LogP contribution in [-0.4, -0.2) is 35.0 Å². The van der Waals surface area contributed by atoms with Gasteiger partial charge in [0.25, 0.3) is 0 Å². The highest BCUT2D eigenvalue weighted by molar-refractivity contribution is 6.30. The fraction of sp³-hybridized carbons (Fsp3) is 0.143. The molecular weight excluding hydrogens is 266 g/mol. The molecule has 5 heteroatoms. The van der Waals surface area contributed by atoms with Crippen molar-refractivity contribution >= 4 is 29.6 Å². The third-order valence-electron chi connectivity index (χ3n) is 2.28. The van der Waals surface area contributed by atoms with Crippen molar-refractivity contribution in [2.24, 2.45) is 0 Å². The maximum atomic E-state index is 11.8. The summed E-state index contributed by atoms with van der Waals surface area (Å²) in [7, 11) is 0. The summed E-state index contributed by atoms with van der Waals surface area (Å²) >= 11 is 5.75. The molecule has 0 saturated heterocycles. The van der Waals surface area contributed by atoms with Crippen LogP contribution >= 0.6 is 11.6 Å². The maximum absolute atomic E-state index is 11.8. The number of carboxylic acids is 1. The van der Waals surface area contributed by atoms with Crippen LogP contribution < -0.4 is 0 Å². The molecule has 1 amide bonds. The van der Waals surface area contributed by atoms with Crippen molar-refractivity contribution in [1.82, 2.24) is 4.90 Å². The molecule has 0 atom stereocenters. The molecule has 0 bridgehead atoms. The number of amides is 1. The van der Waals surface area contributed by atoms with Gasteiger partial charge in [-0.2, -0.15) is 0 Å². The number of carbonyl (C=O) groups is 2. The molecule has 0 radical (unpaired) electrons. The van der Waals surface area contributed by atoms with Gasteiger partial charge in [-0.1, -0.05) is 29.8 Å². The van der Waals surface area contributed by atoms with E-state index < -0.39 is 5.97 Å². The first-order valence-corrected chi connectivity index (χ1v) is 5.96. The molecule has 0 spiro atoms. The molecule has 19 heavy (non-hydrogen) atoms. The lowest BCUT2D eigenvalue weighted by Gasteiger charge is -2.16. The monoisotopic (exact) mass is 279 g/mol. The Balaban J connectivity index is 2.72. The van der Waals surface area contributed by atoms with Crippen LogP contribution in [0.3, 0.4) is 0 Å². The first-order chi connectivity index (χ1) is 9.02. The number of halogens is 1. The zero-order valence-corrected chi connectivity index (χ0v) is 11.0. The number of carboxylic acid groups (broad SMARTS) is 1. The van der Waals surface area contributed by atoms with Crippen molar-refractivity contribution in [1.29, 1.82) is 0 Å². The van der Waals surface area contributed by atoms with Gasteiger partial charge in [-0.3, -0.25) is 9.59 Å². The summed E-state index contributed by atoms with van der Waals surface area (Å²) < 4.78 is 0. The molecule has 0 aliphatic rings. The minimum absolute atomic E-state index is 0.191. The van der Waals surface area contributed by atoms with Crippen LogP contribution in [0, 0.1) is 0 Å². The third-order valence-corrected chi connectivity index (χ3v) is 2.53. The van der Waals surface area contributed by atoms with E-state index in [0.717, 1.165) is 5.56 Å². The summed E-state index contributed by atoms with van der Waals surface area (Å²) in [5.74, 6) is -1.44. The zero-order valence-electron chi connectivity index (χ0n) is 10.3. The molecule has 100 valence electrons. The van der Waals surface area contributed by atoms with Crippen molar-refractivity contribution in [2.45, 2.75) is 0 Å². The van der Waals surface area contributed by atoms with Gasteiger partial charge in [-0.05, 0) is 23.8 Å². The lowest BCUT2D eigenvalue weighted by Crippen LogP contribution is -2.34. The van der Waals surface area contributed by atoms with Crippen LogP contribution in [0.4, 0.5) is 0 Å². The Bertz CT molecular complexity index is 494. The van der Waals surface area contributed by atoms with E-state index in [-0.39, 0.29) is 19.0 Å². The Morgan fingerprint density at radius 3 is 2.47 bits per heavy atom. The molecule has 4 nitrogen and oxygen atoms in total. The van der Waals surface area contributed by atoms with Crippen molar-refractivity contribution in [2.75, 3.05) is 13.1 Å². The Hall–Kier alpha value is -2.07. The van der Waals surface area contributed by atoms with Gasteiger partial charge >= 0.3 is 5.97 Å². The van der Waals surface area contributed by atoms with Crippen LogP contribution in [0.25, 0.3) is 6.08 Å². The number of hydrogen-bond donors (Lipinski definition) is 1. The van der Waals surface area contributed by atoms with E-state index in [1.807, 2.05) is 0 Å². The number of nitrogens with zero attached hydrogens (tertiary/aromatic N) is 1. The molecular formula is C14H14ClNO3. The predicted octanol–water partition coefficient (Wildman–Crippen LogP) is 2.45. The molecule has 1 N–H and O–H groups in total. The molecule has 1 aromatic rings. The first-order valence-electron chi connectivity index (χ1n) is 5.58. The maximum Gasteiger partial charge on any atom is 0.323 e. The molecule has 1 aromatic carbocycles. The van der Waals surface area contributed by atoms with Crippen LogP contribution in [0.1, 0.15) is 5.56 Å². The normalized spacial score (nSPS) is 10.4. The Morgan fingerprint density at radius 2 is 1.95 bits per heavy atom. The topological polar surface area (TPSA) is 57.6 Å². The van der Waals surface area contributed by atoms with Gasteiger partial charge in [0.1, 0.15) is 6.54 Å². The summed E-state index contributed by atoms with van der Waals surface area (Å²) in [5, 5.41) is 9.32. The Kier molecular flexibility index (Phi) is 5.82. The van der Waals surface area contributed by atoms with Gasteiger partial charge in [0, 0.05) is 17.6 Å². The zero-order chi connectivity index (χ0) is 14.3. The first kappa shape index (κ1) is 15.0. The van der Waals surface area contributed by atoms with Gasteiger partial charge in [0.05, 0.1) is 0 Å². The van der Waals surface area contributed by atoms with Crippen LogP contribution in [0.5, 0.6) is 0 Å². The van der Waals surface area contributed by atoms with E-state index in [9.17, 15) is 9.59 Å². The van der Waals surface area contributed by atoms with E-state index in [4.69, 9.17) is 16.7 Å². The minimum Gasteiger partial charge on any atom is -0.480 e. The van der Waals surface area contributed by atoms with Gasteiger partial charge < -0.3 is 10.0 Å². The molecule has 0 aliphatic carbocycles. The Labute approximate surface area is 116 Å². The molecule has 0 unspecified atom stereocenters. The quantitative estimate of drug-likeness (QED) is 0.643. The van der Waals surface area contributed by atoms with Gasteiger partial charge in [0.15, 0.2) is 0 Å². The average molecular weight is 280 g/mol. The molecule has 0 aliphatic heterocycles. The van der Waals surface area contributed by atoms with E-state index in [0.29, 0.717) is 5.02 Å². The molecule has 1 rings (SSSR count). The van der Waals surface area contributed by atoms with Gasteiger partial charge in [-0.25, -0.2) is 0 Å². The average Bonchev–Trinajstić information content (AvgIpc) is 2.37. The minimum atomic E-state index is -1.06. The second kappa shape index (κ2) is 7.38. The summed E-state index contributed by atoms with van der Waals surface area (Å²) in [6, 6.07) is 6.96. The summed E-state index contributed by atoms with van der Waals surface area (Å²) in [4.78, 5) is 23.6. The smallest absolute Gasteiger partial charge is 0.323 e. The van der Waals surface area contributed by atoms with Crippen molar-refractivity contribution in [3.05, 3.63) is 53.6 Å². The molecule has 0 heterocycles. The Morgan fingerprint density at radius 1 is 1.32 bits per heavy atom. The summed E-state index contributed by atoms with van der Waals surface area (Å²) in [5.41, 5.74) is 0.812. The molecule has 0 saturated carbocycles. The van der Waals surface area contributed by atoms with Gasteiger partial charge in [-0.15, -0.1) is 6.58 Å². The van der Waals surface area contributed by atoms with Crippen molar-refractivity contribution in [3.63, 3.8) is 0 Å². The highest BCUT2D eigenvalue weighted by Gasteiger charge is 2.12. The van der Waals surface area contributed by atoms with Crippen molar-refractivity contribution in [3.8, 4) is 0 Å². The van der Waals surface area contributed by atoms with Crippen LogP contribution in [0.15, 0.2) is 43.0 Å². The molecule has 0 fully saturated rings. The van der Waals surface area contributed by atoms with Crippen LogP contribution in [0.2, 0.25) is 5.02 Å². The van der Waals surface area contributed by atoms with Crippen LogP contribution in [-0.2, 0) is 9.59 Å². The highest BCUT2D eigenvalue weighted by Crippen LogP contribution is 2.10. The predicted molar refractivity (Wildman–Crippen MR) is 74.9 cm³/mol. The molecule has 0 aromatic heterocycles. The largest absolute Gasteiger partial charge is 0.480 e. The second-order valence-electron chi connectivity index (χ2n) is 3.79. The van der Waals surface area contributed by atoms with E-state index in [1.54, 1.807) is 30.3 Å². The lowest BCUT2D eigenvalue weighted by atomic mass is 10.2. The van der Waals surface area contributed by atoms with E-state index in [1.165, 1.54) is 17.1 Å². The standard InChI is InChI=1S/C14H14ClNO3/c1-2-9-16(10-14(18)19)13(17)8-5-11-3-6-12(15)7-4-11/h2-8H,1,9-10H2,(H,18,19). The number of benzene rings is 1. The number of carbonyl (C=O) groups excluding carboxylic acids is 1. The van der Waals surface area contributed by atoms with E-state index >= 15 is 0 Å². The lowest BCUT2D eigenvalue weighted by molar-refractivity contribution is -0.142. The highest BCUT2D eigenvalue weighted by atomic mass is 35.5. The summed E-state index contributed by atoms with van der Waals surface area (Å²) in [6.07, 6.45) is 4.42. The number of rotatable bonds is 6. The van der Waals surface area contributed by atoms with Crippen molar-refractivity contribution < 1.29 is 14.7 Å². The van der Waals surface area contributed by atoms with Gasteiger partial charge in [0.2, 0.25) is 5.91 Å². The SMILES string of the molecule is C=CCN(CC(=O)O)C(=O)C=Cc1ccc(Cl)cc1. The number of hydrogen-bond acceptors (Lipinski definition) is 2.